The monoisotopic (exact) mass is 438 g/mol. The molecule has 0 spiro atoms. The number of pyridine rings is 1. The van der Waals surface area contributed by atoms with Crippen molar-refractivity contribution in [1.82, 2.24) is 4.98 Å². The van der Waals surface area contributed by atoms with Gasteiger partial charge in [0, 0.05) is 45.0 Å². The van der Waals surface area contributed by atoms with E-state index in [4.69, 9.17) is 16.3 Å². The number of thiophene rings is 1. The Hall–Kier alpha value is -3.42. The van der Waals surface area contributed by atoms with E-state index >= 15 is 0 Å². The highest BCUT2D eigenvalue weighted by atomic mass is 35.5. The van der Waals surface area contributed by atoms with Crippen molar-refractivity contribution in [2.45, 2.75) is 6.61 Å². The number of hydrogen-bond acceptors (Lipinski definition) is 5. The number of amides is 1. The Labute approximate surface area is 180 Å². The third-order valence-electron chi connectivity index (χ3n) is 4.28. The Balaban J connectivity index is 1.45. The van der Waals surface area contributed by atoms with E-state index in [9.17, 15) is 14.7 Å². The molecule has 2 heterocycles. The first-order valence-electron chi connectivity index (χ1n) is 8.89. The third kappa shape index (κ3) is 4.42. The summed E-state index contributed by atoms with van der Waals surface area (Å²) >= 11 is 7.21. The standard InChI is InChI=1S/C22H15ClN2O4S/c23-15-6-4-13(5-7-15)21(26)25-16-2-1-3-17(9-16)29-12-18-8-14-10-24-11-19(22(27)28)20(14)30-18/h1-11H,12H2,(H,25,26)(H,27,28). The molecule has 0 bridgehead atoms. The van der Waals surface area contributed by atoms with Crippen LogP contribution in [0.1, 0.15) is 25.6 Å². The second kappa shape index (κ2) is 8.52. The number of nitrogens with zero attached hydrogens (tertiary/aromatic N) is 1. The van der Waals surface area contributed by atoms with Crippen molar-refractivity contribution < 1.29 is 19.4 Å². The number of fused-ring (bicyclic) bond motifs is 1. The molecule has 0 atom stereocenters. The van der Waals surface area contributed by atoms with E-state index in [0.717, 1.165) is 10.3 Å². The van der Waals surface area contributed by atoms with Gasteiger partial charge in [-0.15, -0.1) is 11.3 Å². The lowest BCUT2D eigenvalue weighted by Crippen LogP contribution is -2.11. The number of halogens is 1. The number of carboxylic acid groups (broad SMARTS) is 1. The van der Waals surface area contributed by atoms with Crippen LogP contribution in [0.2, 0.25) is 5.02 Å². The number of nitrogens with one attached hydrogen (secondary N) is 1. The van der Waals surface area contributed by atoms with E-state index in [0.29, 0.717) is 26.7 Å². The number of carbonyl (C=O) groups excluding carboxylic acids is 1. The van der Waals surface area contributed by atoms with Crippen LogP contribution in [0.25, 0.3) is 10.1 Å². The zero-order chi connectivity index (χ0) is 21.1. The van der Waals surface area contributed by atoms with Crippen LogP contribution >= 0.6 is 22.9 Å². The van der Waals surface area contributed by atoms with Crippen LogP contribution in [-0.4, -0.2) is 22.0 Å². The fourth-order valence-corrected chi connectivity index (χ4v) is 4.03. The zero-order valence-corrected chi connectivity index (χ0v) is 17.0. The Morgan fingerprint density at radius 1 is 1.10 bits per heavy atom. The summed E-state index contributed by atoms with van der Waals surface area (Å²) < 4.78 is 6.51. The van der Waals surface area contributed by atoms with Gasteiger partial charge in [0.1, 0.15) is 12.4 Å². The summed E-state index contributed by atoms with van der Waals surface area (Å²) in [6.45, 7) is 0.271. The van der Waals surface area contributed by atoms with Crippen LogP contribution in [0.5, 0.6) is 5.75 Å². The van der Waals surface area contributed by atoms with E-state index in [2.05, 4.69) is 10.3 Å². The normalized spacial score (nSPS) is 10.7. The largest absolute Gasteiger partial charge is 0.488 e. The zero-order valence-electron chi connectivity index (χ0n) is 15.5. The van der Waals surface area contributed by atoms with Gasteiger partial charge in [0.05, 0.1) is 10.3 Å². The molecule has 1 amide bonds. The molecular weight excluding hydrogens is 424 g/mol. The molecule has 0 saturated carbocycles. The molecule has 4 aromatic rings. The average molecular weight is 439 g/mol. The molecule has 150 valence electrons. The quantitative estimate of drug-likeness (QED) is 0.416. The molecule has 2 N–H and O–H groups in total. The highest BCUT2D eigenvalue weighted by Crippen LogP contribution is 2.29. The number of aromatic carboxylic acids is 1. The van der Waals surface area contributed by atoms with Gasteiger partial charge in [-0.2, -0.15) is 0 Å². The molecule has 0 saturated heterocycles. The molecule has 0 aliphatic rings. The molecule has 30 heavy (non-hydrogen) atoms. The molecule has 8 heteroatoms. The Morgan fingerprint density at radius 3 is 2.67 bits per heavy atom. The minimum Gasteiger partial charge on any atom is -0.488 e. The van der Waals surface area contributed by atoms with Crippen molar-refractivity contribution in [3.8, 4) is 5.75 Å². The highest BCUT2D eigenvalue weighted by molar-refractivity contribution is 7.19. The number of aromatic nitrogens is 1. The summed E-state index contributed by atoms with van der Waals surface area (Å²) in [5, 5.41) is 13.4. The van der Waals surface area contributed by atoms with Crippen molar-refractivity contribution >= 4 is 50.6 Å². The molecule has 0 radical (unpaired) electrons. The lowest BCUT2D eigenvalue weighted by molar-refractivity contribution is 0.0698. The van der Waals surface area contributed by atoms with Crippen molar-refractivity contribution in [1.29, 1.82) is 0 Å². The smallest absolute Gasteiger partial charge is 0.338 e. The maximum atomic E-state index is 12.4. The summed E-state index contributed by atoms with van der Waals surface area (Å²) in [4.78, 5) is 28.5. The highest BCUT2D eigenvalue weighted by Gasteiger charge is 2.13. The molecule has 0 aliphatic carbocycles. The van der Waals surface area contributed by atoms with E-state index in [-0.39, 0.29) is 18.1 Å². The van der Waals surface area contributed by atoms with E-state index < -0.39 is 5.97 Å². The molecule has 0 fully saturated rings. The van der Waals surface area contributed by atoms with E-state index in [1.54, 1.807) is 54.7 Å². The molecule has 0 aliphatic heterocycles. The summed E-state index contributed by atoms with van der Waals surface area (Å²) in [7, 11) is 0. The first kappa shape index (κ1) is 19.9. The second-order valence-corrected chi connectivity index (χ2v) is 7.97. The number of anilines is 1. The predicted octanol–water partition coefficient (Wildman–Crippen LogP) is 5.48. The number of ether oxygens (including phenoxy) is 1. The minimum atomic E-state index is -1.01. The van der Waals surface area contributed by atoms with Crippen molar-refractivity contribution in [2.24, 2.45) is 0 Å². The summed E-state index contributed by atoms with van der Waals surface area (Å²) in [6.07, 6.45) is 2.98. The van der Waals surface area contributed by atoms with Crippen LogP contribution in [0.15, 0.2) is 67.0 Å². The van der Waals surface area contributed by atoms with Crippen molar-refractivity contribution in [2.75, 3.05) is 5.32 Å². The number of benzene rings is 2. The maximum absolute atomic E-state index is 12.4. The van der Waals surface area contributed by atoms with Gasteiger partial charge < -0.3 is 15.2 Å². The van der Waals surface area contributed by atoms with Crippen molar-refractivity contribution in [3.63, 3.8) is 0 Å². The first-order chi connectivity index (χ1) is 14.5. The van der Waals surface area contributed by atoms with Crippen LogP contribution in [0.3, 0.4) is 0 Å². The topological polar surface area (TPSA) is 88.5 Å². The number of carboxylic acids is 1. The number of hydrogen-bond donors (Lipinski definition) is 2. The Morgan fingerprint density at radius 2 is 1.90 bits per heavy atom. The van der Waals surface area contributed by atoms with Gasteiger partial charge in [-0.25, -0.2) is 4.79 Å². The maximum Gasteiger partial charge on any atom is 0.338 e. The van der Waals surface area contributed by atoms with Gasteiger partial charge in [0.15, 0.2) is 0 Å². The molecule has 4 rings (SSSR count). The molecule has 0 unspecified atom stereocenters. The fourth-order valence-electron chi connectivity index (χ4n) is 2.86. The van der Waals surface area contributed by atoms with Crippen LogP contribution in [0.4, 0.5) is 5.69 Å². The lowest BCUT2D eigenvalue weighted by atomic mass is 10.2. The summed E-state index contributed by atoms with van der Waals surface area (Å²) in [5.74, 6) is -0.675. The van der Waals surface area contributed by atoms with Gasteiger partial charge in [0.25, 0.3) is 5.91 Å². The van der Waals surface area contributed by atoms with Gasteiger partial charge in [-0.05, 0) is 42.5 Å². The molecule has 2 aromatic carbocycles. The Kier molecular flexibility index (Phi) is 5.65. The van der Waals surface area contributed by atoms with Gasteiger partial charge >= 0.3 is 5.97 Å². The lowest BCUT2D eigenvalue weighted by Gasteiger charge is -2.09. The van der Waals surface area contributed by atoms with Gasteiger partial charge in [-0.1, -0.05) is 17.7 Å². The van der Waals surface area contributed by atoms with E-state index in [1.807, 2.05) is 6.07 Å². The molecular formula is C22H15ClN2O4S. The van der Waals surface area contributed by atoms with Gasteiger partial charge in [0.2, 0.25) is 0 Å². The van der Waals surface area contributed by atoms with Crippen LogP contribution < -0.4 is 10.1 Å². The fraction of sp³-hybridized carbons (Fsp3) is 0.0455. The molecule has 2 aromatic heterocycles. The summed E-state index contributed by atoms with van der Waals surface area (Å²) in [5.41, 5.74) is 1.27. The number of rotatable bonds is 6. The van der Waals surface area contributed by atoms with E-state index in [1.165, 1.54) is 17.5 Å². The number of carbonyl (C=O) groups is 2. The van der Waals surface area contributed by atoms with Crippen LogP contribution in [0, 0.1) is 0 Å². The predicted molar refractivity (Wildman–Crippen MR) is 117 cm³/mol. The first-order valence-corrected chi connectivity index (χ1v) is 10.1. The van der Waals surface area contributed by atoms with Crippen LogP contribution in [-0.2, 0) is 6.61 Å². The minimum absolute atomic E-state index is 0.177. The van der Waals surface area contributed by atoms with Gasteiger partial charge in [-0.3, -0.25) is 9.78 Å². The van der Waals surface area contributed by atoms with Crippen molar-refractivity contribution in [3.05, 3.63) is 88.0 Å². The molecule has 6 nitrogen and oxygen atoms in total. The second-order valence-electron chi connectivity index (χ2n) is 6.40. The third-order valence-corrected chi connectivity index (χ3v) is 5.69. The Bertz CT molecular complexity index is 1240. The summed E-state index contributed by atoms with van der Waals surface area (Å²) in [6, 6.07) is 15.6. The SMILES string of the molecule is O=C(Nc1cccc(OCc2cc3cncc(C(=O)O)c3s2)c1)c1ccc(Cl)cc1. The average Bonchev–Trinajstić information content (AvgIpc) is 3.16.